The third kappa shape index (κ3) is 2.42. The van der Waals surface area contributed by atoms with E-state index in [1.165, 1.54) is 37.7 Å². The number of ketones is 1. The molecule has 1 saturated carbocycles. The minimum Gasteiger partial charge on any atom is -0.304 e. The van der Waals surface area contributed by atoms with Crippen LogP contribution in [0.25, 0.3) is 0 Å². The number of aryl methyl sites for hydroxylation is 1. The standard InChI is InChI=1S/C18H24N2O/c21-18(14-9-7-13-5-3-11-19-17(13)14)16-10-8-12-4-1-2-6-15(12)20-16/h3,5,11-12,14-16,20H,1-2,4,6-10H2. The summed E-state index contributed by atoms with van der Waals surface area (Å²) < 4.78 is 0. The van der Waals surface area contributed by atoms with Crippen molar-refractivity contribution in [2.75, 3.05) is 0 Å². The summed E-state index contributed by atoms with van der Waals surface area (Å²) in [5, 5.41) is 3.69. The van der Waals surface area contributed by atoms with Gasteiger partial charge in [-0.25, -0.2) is 0 Å². The van der Waals surface area contributed by atoms with Crippen LogP contribution in [0.3, 0.4) is 0 Å². The van der Waals surface area contributed by atoms with Gasteiger partial charge in [-0.2, -0.15) is 0 Å². The number of carbonyl (C=O) groups excluding carboxylic acids is 1. The molecule has 112 valence electrons. The Labute approximate surface area is 126 Å². The zero-order valence-corrected chi connectivity index (χ0v) is 12.6. The third-order valence-electron chi connectivity index (χ3n) is 5.80. The van der Waals surface area contributed by atoms with Gasteiger partial charge in [0.25, 0.3) is 0 Å². The predicted molar refractivity (Wildman–Crippen MR) is 82.2 cm³/mol. The number of fused-ring (bicyclic) bond motifs is 2. The molecule has 3 aliphatic rings. The topological polar surface area (TPSA) is 42.0 Å². The fraction of sp³-hybridized carbons (Fsp3) is 0.667. The highest BCUT2D eigenvalue weighted by Gasteiger charge is 2.39. The van der Waals surface area contributed by atoms with Gasteiger partial charge in [-0.05, 0) is 56.1 Å². The zero-order chi connectivity index (χ0) is 14.2. The highest BCUT2D eigenvalue weighted by molar-refractivity contribution is 5.91. The monoisotopic (exact) mass is 284 g/mol. The number of nitrogens with zero attached hydrogens (tertiary/aromatic N) is 1. The molecule has 2 aliphatic carbocycles. The summed E-state index contributed by atoms with van der Waals surface area (Å²) in [6.07, 6.45) is 11.4. The van der Waals surface area contributed by atoms with Crippen molar-refractivity contribution in [3.8, 4) is 0 Å². The van der Waals surface area contributed by atoms with E-state index >= 15 is 0 Å². The van der Waals surface area contributed by atoms with Crippen molar-refractivity contribution < 1.29 is 4.79 Å². The molecule has 1 aromatic heterocycles. The van der Waals surface area contributed by atoms with Gasteiger partial charge < -0.3 is 5.32 Å². The van der Waals surface area contributed by atoms with Gasteiger partial charge in [0.15, 0.2) is 5.78 Å². The Morgan fingerprint density at radius 3 is 3.00 bits per heavy atom. The van der Waals surface area contributed by atoms with E-state index in [1.807, 2.05) is 12.3 Å². The lowest BCUT2D eigenvalue weighted by atomic mass is 9.76. The fourth-order valence-corrected chi connectivity index (χ4v) is 4.65. The summed E-state index contributed by atoms with van der Waals surface area (Å²) in [5.74, 6) is 1.26. The van der Waals surface area contributed by atoms with E-state index in [9.17, 15) is 4.79 Å². The number of hydrogen-bond acceptors (Lipinski definition) is 3. The summed E-state index contributed by atoms with van der Waals surface area (Å²) in [6, 6.07) is 4.77. The average Bonchev–Trinajstić information content (AvgIpc) is 2.98. The maximum Gasteiger partial charge on any atom is 0.158 e. The van der Waals surface area contributed by atoms with Crippen LogP contribution in [-0.4, -0.2) is 22.9 Å². The van der Waals surface area contributed by atoms with Crippen LogP contribution in [-0.2, 0) is 11.2 Å². The molecular weight excluding hydrogens is 260 g/mol. The van der Waals surface area contributed by atoms with Crippen LogP contribution in [0.2, 0.25) is 0 Å². The first-order chi connectivity index (χ1) is 10.3. The maximum atomic E-state index is 12.9. The molecule has 0 aromatic carbocycles. The van der Waals surface area contributed by atoms with Crippen LogP contribution in [0.4, 0.5) is 0 Å². The van der Waals surface area contributed by atoms with E-state index in [1.54, 1.807) is 0 Å². The SMILES string of the molecule is O=C(C1CCC2CCCCC2N1)C1CCc2cccnc21. The fourth-order valence-electron chi connectivity index (χ4n) is 4.65. The summed E-state index contributed by atoms with van der Waals surface area (Å²) >= 11 is 0. The quantitative estimate of drug-likeness (QED) is 0.908. The van der Waals surface area contributed by atoms with Crippen LogP contribution < -0.4 is 5.32 Å². The summed E-state index contributed by atoms with van der Waals surface area (Å²) in [4.78, 5) is 17.4. The van der Waals surface area contributed by atoms with Gasteiger partial charge >= 0.3 is 0 Å². The first kappa shape index (κ1) is 13.4. The van der Waals surface area contributed by atoms with E-state index in [0.717, 1.165) is 30.9 Å². The van der Waals surface area contributed by atoms with E-state index in [-0.39, 0.29) is 12.0 Å². The maximum absolute atomic E-state index is 12.9. The molecule has 4 rings (SSSR count). The molecule has 1 N–H and O–H groups in total. The second kappa shape index (κ2) is 5.53. The molecule has 0 radical (unpaired) electrons. The Morgan fingerprint density at radius 2 is 2.05 bits per heavy atom. The van der Waals surface area contributed by atoms with Gasteiger partial charge in [0.05, 0.1) is 17.7 Å². The normalized spacial score (nSPS) is 35.0. The lowest BCUT2D eigenvalue weighted by Crippen LogP contribution is -2.52. The van der Waals surface area contributed by atoms with Crippen LogP contribution in [0, 0.1) is 5.92 Å². The molecule has 1 saturated heterocycles. The smallest absolute Gasteiger partial charge is 0.158 e. The number of Topliss-reactive ketones (excluding diaryl/α,β-unsaturated/α-hetero) is 1. The summed E-state index contributed by atoms with van der Waals surface area (Å²) in [6.45, 7) is 0. The van der Waals surface area contributed by atoms with Crippen molar-refractivity contribution >= 4 is 5.78 Å². The molecule has 4 atom stereocenters. The lowest BCUT2D eigenvalue weighted by molar-refractivity contribution is -0.123. The molecule has 0 bridgehead atoms. The molecular formula is C18H24N2O. The Kier molecular flexibility index (Phi) is 3.54. The number of pyridine rings is 1. The van der Waals surface area contributed by atoms with Crippen molar-refractivity contribution in [2.24, 2.45) is 5.92 Å². The molecule has 4 unspecified atom stereocenters. The second-order valence-electron chi connectivity index (χ2n) is 6.99. The first-order valence-corrected chi connectivity index (χ1v) is 8.56. The van der Waals surface area contributed by atoms with E-state index < -0.39 is 0 Å². The van der Waals surface area contributed by atoms with E-state index in [2.05, 4.69) is 16.4 Å². The number of nitrogens with one attached hydrogen (secondary N) is 1. The molecule has 2 fully saturated rings. The van der Waals surface area contributed by atoms with Crippen molar-refractivity contribution in [3.05, 3.63) is 29.6 Å². The Morgan fingerprint density at radius 1 is 1.14 bits per heavy atom. The van der Waals surface area contributed by atoms with E-state index in [4.69, 9.17) is 0 Å². The highest BCUT2D eigenvalue weighted by Crippen LogP contribution is 2.37. The van der Waals surface area contributed by atoms with Gasteiger partial charge in [0.1, 0.15) is 0 Å². The Bertz CT molecular complexity index is 542. The second-order valence-corrected chi connectivity index (χ2v) is 6.99. The predicted octanol–water partition coefficient (Wildman–Crippen LogP) is 2.99. The molecule has 0 spiro atoms. The van der Waals surface area contributed by atoms with Gasteiger partial charge in [-0.3, -0.25) is 9.78 Å². The molecule has 3 nitrogen and oxygen atoms in total. The minimum absolute atomic E-state index is 0.0406. The van der Waals surface area contributed by atoms with Crippen molar-refractivity contribution in [1.82, 2.24) is 10.3 Å². The highest BCUT2D eigenvalue weighted by atomic mass is 16.1. The summed E-state index contributed by atoms with van der Waals surface area (Å²) in [5.41, 5.74) is 2.33. The van der Waals surface area contributed by atoms with Crippen LogP contribution in [0.1, 0.15) is 62.1 Å². The van der Waals surface area contributed by atoms with Crippen LogP contribution in [0.15, 0.2) is 18.3 Å². The van der Waals surface area contributed by atoms with Crippen LogP contribution >= 0.6 is 0 Å². The summed E-state index contributed by atoms with van der Waals surface area (Å²) in [7, 11) is 0. The third-order valence-corrected chi connectivity index (χ3v) is 5.80. The first-order valence-electron chi connectivity index (χ1n) is 8.56. The molecule has 3 heteroatoms. The molecule has 21 heavy (non-hydrogen) atoms. The minimum atomic E-state index is 0.0406. The van der Waals surface area contributed by atoms with Crippen molar-refractivity contribution in [1.29, 1.82) is 0 Å². The Balaban J connectivity index is 1.48. The molecule has 1 aromatic rings. The molecule has 2 heterocycles. The van der Waals surface area contributed by atoms with Crippen LogP contribution in [0.5, 0.6) is 0 Å². The lowest BCUT2D eigenvalue weighted by Gasteiger charge is -2.40. The number of piperidine rings is 1. The van der Waals surface area contributed by atoms with Gasteiger partial charge in [0, 0.05) is 12.2 Å². The van der Waals surface area contributed by atoms with Gasteiger partial charge in [0.2, 0.25) is 0 Å². The van der Waals surface area contributed by atoms with Crippen molar-refractivity contribution in [3.63, 3.8) is 0 Å². The zero-order valence-electron chi connectivity index (χ0n) is 12.6. The number of hydrogen-bond donors (Lipinski definition) is 1. The number of aromatic nitrogens is 1. The molecule has 0 amide bonds. The largest absolute Gasteiger partial charge is 0.304 e. The van der Waals surface area contributed by atoms with Gasteiger partial charge in [-0.1, -0.05) is 18.9 Å². The van der Waals surface area contributed by atoms with E-state index in [0.29, 0.717) is 11.8 Å². The number of carbonyl (C=O) groups is 1. The average molecular weight is 284 g/mol. The molecule has 1 aliphatic heterocycles. The number of rotatable bonds is 2. The van der Waals surface area contributed by atoms with Gasteiger partial charge in [-0.15, -0.1) is 0 Å². The van der Waals surface area contributed by atoms with Crippen molar-refractivity contribution in [2.45, 2.75) is 69.4 Å². The Hall–Kier alpha value is -1.22.